The molecule has 2 atom stereocenters. The monoisotopic (exact) mass is 412 g/mol. The molecule has 1 fully saturated rings. The van der Waals surface area contributed by atoms with E-state index in [0.717, 1.165) is 6.29 Å². The zero-order valence-corrected chi connectivity index (χ0v) is 11.2. The molecule has 0 aromatic heterocycles. The van der Waals surface area contributed by atoms with Gasteiger partial charge in [0.15, 0.2) is 18.5 Å². The van der Waals surface area contributed by atoms with Gasteiger partial charge in [-0.3, -0.25) is 0 Å². The molecule has 11 heavy (non-hydrogen) atoms. The van der Waals surface area contributed by atoms with E-state index < -0.39 is 0 Å². The second kappa shape index (κ2) is 5.22. The summed E-state index contributed by atoms with van der Waals surface area (Å²) in [5.74, 6) is 2.86. The number of rotatable bonds is 2. The van der Waals surface area contributed by atoms with E-state index in [0.29, 0.717) is 0 Å². The predicted octanol–water partition coefficient (Wildman–Crippen LogP) is 2.74. The molecule has 6 heteroatoms. The Balaban J connectivity index is 2.19. The highest BCUT2D eigenvalue weighted by Gasteiger charge is 2.36. The second-order valence-corrected chi connectivity index (χ2v) is 19.4. The minimum absolute atomic E-state index is 0.0827. The van der Waals surface area contributed by atoms with Gasteiger partial charge in [0.2, 0.25) is 0 Å². The van der Waals surface area contributed by atoms with Crippen LogP contribution in [0.25, 0.3) is 0 Å². The van der Waals surface area contributed by atoms with Gasteiger partial charge in [0, 0.05) is 0 Å². The SMILES string of the molecule is O=C[C@H]1O[C@@H]1C#CSP(I)I. The molecular formula is C5H3I2O2PS. The van der Waals surface area contributed by atoms with Crippen molar-refractivity contribution < 1.29 is 9.53 Å². The molecule has 0 aliphatic carbocycles. The van der Waals surface area contributed by atoms with Crippen molar-refractivity contribution in [2.24, 2.45) is 0 Å². The van der Waals surface area contributed by atoms with Gasteiger partial charge in [0.25, 0.3) is 0 Å². The van der Waals surface area contributed by atoms with Gasteiger partial charge >= 0.3 is 0 Å². The largest absolute Gasteiger partial charge is 0.348 e. The number of hydrogen-bond donors (Lipinski definition) is 0. The molecule has 0 aromatic rings. The van der Waals surface area contributed by atoms with E-state index in [9.17, 15) is 4.79 Å². The Morgan fingerprint density at radius 1 is 1.64 bits per heavy atom. The van der Waals surface area contributed by atoms with Crippen molar-refractivity contribution in [3.8, 4) is 11.2 Å². The summed E-state index contributed by atoms with van der Waals surface area (Å²) in [6, 6.07) is 0. The molecule has 1 aliphatic heterocycles. The Kier molecular flexibility index (Phi) is 4.99. The van der Waals surface area contributed by atoms with Crippen LogP contribution >= 0.6 is 57.9 Å². The Bertz CT molecular complexity index is 212. The minimum atomic E-state index is -0.252. The maximum absolute atomic E-state index is 10.1. The van der Waals surface area contributed by atoms with Crippen LogP contribution in [-0.2, 0) is 9.53 Å². The number of epoxide rings is 1. The molecule has 0 unspecified atom stereocenters. The number of halogens is 2. The first kappa shape index (κ1) is 10.5. The molecule has 1 aliphatic rings. The first-order chi connectivity index (χ1) is 5.24. The van der Waals surface area contributed by atoms with Crippen molar-refractivity contribution in [1.29, 1.82) is 0 Å². The normalized spacial score (nSPS) is 27.5. The van der Waals surface area contributed by atoms with E-state index in [4.69, 9.17) is 4.74 Å². The molecule has 0 radical (unpaired) electrons. The van der Waals surface area contributed by atoms with Crippen molar-refractivity contribution in [2.75, 3.05) is 0 Å². The van der Waals surface area contributed by atoms with Crippen LogP contribution in [0.1, 0.15) is 0 Å². The highest BCUT2D eigenvalue weighted by molar-refractivity contribution is 14.3. The van der Waals surface area contributed by atoms with E-state index in [-0.39, 0.29) is 14.6 Å². The van der Waals surface area contributed by atoms with Crippen LogP contribution in [0.4, 0.5) is 0 Å². The van der Waals surface area contributed by atoms with Crippen LogP contribution in [0.3, 0.4) is 0 Å². The maximum Gasteiger partial charge on any atom is 0.153 e. The van der Waals surface area contributed by atoms with E-state index in [1.807, 2.05) is 0 Å². The van der Waals surface area contributed by atoms with E-state index in [2.05, 4.69) is 55.3 Å². The fourth-order valence-corrected chi connectivity index (χ4v) is 2.84. The fourth-order valence-electron chi connectivity index (χ4n) is 0.462. The van der Waals surface area contributed by atoms with Gasteiger partial charge in [0.1, 0.15) is 0 Å². The minimum Gasteiger partial charge on any atom is -0.348 e. The van der Waals surface area contributed by atoms with E-state index in [1.54, 1.807) is 11.4 Å². The standard InChI is InChI=1S/C5H3I2O2PS/c6-10(7)11-2-1-4-5(3-8)9-4/h3-5H/t4-,5-/m1/s1. The zero-order valence-electron chi connectivity index (χ0n) is 5.16. The predicted molar refractivity (Wildman–Crippen MR) is 65.1 cm³/mol. The lowest BCUT2D eigenvalue weighted by molar-refractivity contribution is -0.108. The first-order valence-corrected chi connectivity index (χ1v) is 11.0. The van der Waals surface area contributed by atoms with Gasteiger partial charge in [0.05, 0.1) is 2.41 Å². The van der Waals surface area contributed by atoms with Crippen LogP contribution in [0.5, 0.6) is 0 Å². The smallest absolute Gasteiger partial charge is 0.153 e. The molecule has 0 saturated carbocycles. The van der Waals surface area contributed by atoms with Crippen LogP contribution in [0, 0.1) is 11.2 Å². The number of aldehydes is 1. The Labute approximate surface area is 96.1 Å². The summed E-state index contributed by atoms with van der Waals surface area (Å²) in [6.07, 6.45) is 0.418. The van der Waals surface area contributed by atoms with Crippen molar-refractivity contribution in [3.63, 3.8) is 0 Å². The van der Waals surface area contributed by atoms with Gasteiger partial charge in [-0.15, -0.1) is 0 Å². The number of hydrogen-bond acceptors (Lipinski definition) is 3. The molecule has 0 spiro atoms. The second-order valence-electron chi connectivity index (χ2n) is 1.70. The summed E-state index contributed by atoms with van der Waals surface area (Å²) in [5, 5.41) is 2.91. The molecule has 60 valence electrons. The Morgan fingerprint density at radius 2 is 2.36 bits per heavy atom. The Hall–Kier alpha value is 1.43. The lowest BCUT2D eigenvalue weighted by Gasteiger charge is -1.86. The molecule has 0 N–H and O–H groups in total. The van der Waals surface area contributed by atoms with Crippen LogP contribution < -0.4 is 0 Å². The van der Waals surface area contributed by atoms with Crippen LogP contribution in [-0.4, -0.2) is 18.5 Å². The maximum atomic E-state index is 10.1. The zero-order chi connectivity index (χ0) is 8.27. The van der Waals surface area contributed by atoms with Crippen molar-refractivity contribution in [1.82, 2.24) is 0 Å². The summed E-state index contributed by atoms with van der Waals surface area (Å²) >= 11 is 6.24. The van der Waals surface area contributed by atoms with Gasteiger partial charge in [-0.05, 0) is 60.7 Å². The van der Waals surface area contributed by atoms with Crippen molar-refractivity contribution in [2.45, 2.75) is 12.2 Å². The lowest BCUT2D eigenvalue weighted by atomic mass is 10.3. The number of carbonyl (C=O) groups excluding carboxylic acids is 1. The lowest BCUT2D eigenvalue weighted by Crippen LogP contribution is -1.89. The van der Waals surface area contributed by atoms with Crippen molar-refractivity contribution in [3.05, 3.63) is 0 Å². The summed E-state index contributed by atoms with van der Waals surface area (Å²) < 4.78 is 4.81. The third-order valence-electron chi connectivity index (χ3n) is 0.975. The molecule has 0 amide bonds. The van der Waals surface area contributed by atoms with Gasteiger partial charge in [-0.25, -0.2) is 0 Å². The highest BCUT2D eigenvalue weighted by atomic mass is 127. The molecule has 0 bridgehead atoms. The molecule has 2 nitrogen and oxygen atoms in total. The summed E-state index contributed by atoms with van der Waals surface area (Å²) in [4.78, 5) is 10.1. The molecule has 1 heterocycles. The molecule has 1 rings (SSSR count). The highest BCUT2D eigenvalue weighted by Crippen LogP contribution is 2.64. The van der Waals surface area contributed by atoms with Crippen molar-refractivity contribution >= 4 is 64.2 Å². The third kappa shape index (κ3) is 4.27. The molecule has 1 saturated heterocycles. The molecular weight excluding hydrogens is 409 g/mol. The first-order valence-electron chi connectivity index (χ1n) is 2.64. The summed E-state index contributed by atoms with van der Waals surface area (Å²) in [7, 11) is 0. The van der Waals surface area contributed by atoms with Gasteiger partial charge < -0.3 is 9.53 Å². The number of carbonyl (C=O) groups is 1. The van der Waals surface area contributed by atoms with E-state index in [1.165, 1.54) is 0 Å². The quantitative estimate of drug-likeness (QED) is 0.230. The third-order valence-corrected chi connectivity index (χ3v) is 5.56. The van der Waals surface area contributed by atoms with Crippen LogP contribution in [0.2, 0.25) is 0 Å². The van der Waals surface area contributed by atoms with Gasteiger partial charge in [-0.2, -0.15) is 0 Å². The van der Waals surface area contributed by atoms with Crippen LogP contribution in [0.15, 0.2) is 0 Å². The van der Waals surface area contributed by atoms with Gasteiger partial charge in [-0.1, -0.05) is 5.92 Å². The summed E-state index contributed by atoms with van der Waals surface area (Å²) in [5.41, 5.74) is 0. The number of ether oxygens (including phenoxy) is 1. The summed E-state index contributed by atoms with van der Waals surface area (Å²) in [6.45, 7) is 0. The average molecular weight is 412 g/mol. The average Bonchev–Trinajstić information content (AvgIpc) is 2.66. The molecule has 0 aromatic carbocycles. The topological polar surface area (TPSA) is 29.6 Å². The Morgan fingerprint density at radius 3 is 2.82 bits per heavy atom. The fraction of sp³-hybridized carbons (Fsp3) is 0.400. The van der Waals surface area contributed by atoms with E-state index >= 15 is 0 Å².